The van der Waals surface area contributed by atoms with Gasteiger partial charge in [0.1, 0.15) is 11.6 Å². The van der Waals surface area contributed by atoms with Gasteiger partial charge < -0.3 is 14.5 Å². The first-order valence-corrected chi connectivity index (χ1v) is 10.6. The Balaban J connectivity index is 1.64. The average molecular weight is 413 g/mol. The number of amides is 1. The highest BCUT2D eigenvalue weighted by atomic mass is 19.1. The highest BCUT2D eigenvalue weighted by Crippen LogP contribution is 2.41. The molecule has 1 aromatic carbocycles. The van der Waals surface area contributed by atoms with E-state index in [1.165, 1.54) is 6.07 Å². The summed E-state index contributed by atoms with van der Waals surface area (Å²) in [7, 11) is 3.85. The molecule has 0 saturated carbocycles. The molecule has 0 bridgehead atoms. The molecule has 7 heteroatoms. The molecule has 1 aromatic heterocycles. The lowest BCUT2D eigenvalue weighted by Gasteiger charge is -2.40. The van der Waals surface area contributed by atoms with Crippen LogP contribution in [0, 0.1) is 11.2 Å². The minimum absolute atomic E-state index is 0.0913. The molecule has 0 radical (unpaired) electrons. The van der Waals surface area contributed by atoms with Crippen molar-refractivity contribution in [3.63, 3.8) is 0 Å². The Morgan fingerprint density at radius 2 is 2.03 bits per heavy atom. The van der Waals surface area contributed by atoms with Gasteiger partial charge in [0.25, 0.3) is 0 Å². The van der Waals surface area contributed by atoms with Gasteiger partial charge in [-0.25, -0.2) is 9.37 Å². The molecular weight excluding hydrogens is 383 g/mol. The summed E-state index contributed by atoms with van der Waals surface area (Å²) in [5.74, 6) is 0.617. The van der Waals surface area contributed by atoms with Gasteiger partial charge in [0.2, 0.25) is 5.91 Å². The van der Waals surface area contributed by atoms with Crippen LogP contribution in [-0.4, -0.2) is 54.6 Å². The molecule has 160 valence electrons. The molecule has 2 fully saturated rings. The summed E-state index contributed by atoms with van der Waals surface area (Å²) in [6.45, 7) is 1.74. The number of hydrogen-bond acceptors (Lipinski definition) is 5. The number of halogens is 1. The normalized spacial score (nSPS) is 20.9. The van der Waals surface area contributed by atoms with Crippen molar-refractivity contribution in [2.45, 2.75) is 38.1 Å². The Labute approximate surface area is 177 Å². The molecule has 2 aromatic rings. The van der Waals surface area contributed by atoms with Crippen LogP contribution in [0.5, 0.6) is 0 Å². The molecule has 6 nitrogen and oxygen atoms in total. The summed E-state index contributed by atoms with van der Waals surface area (Å²) in [6, 6.07) is 6.67. The second kappa shape index (κ2) is 8.68. The van der Waals surface area contributed by atoms with E-state index >= 15 is 0 Å². The second-order valence-electron chi connectivity index (χ2n) is 8.51. The smallest absolute Gasteiger partial charge is 0.229 e. The zero-order valence-corrected chi connectivity index (χ0v) is 17.7. The molecule has 0 N–H and O–H groups in total. The lowest BCUT2D eigenvalue weighted by Crippen LogP contribution is -2.48. The third-order valence-electron chi connectivity index (χ3n) is 6.34. The van der Waals surface area contributed by atoms with E-state index in [2.05, 4.69) is 4.98 Å². The molecule has 1 amide bonds. The van der Waals surface area contributed by atoms with Gasteiger partial charge in [-0.2, -0.15) is 0 Å². The lowest BCUT2D eigenvalue weighted by molar-refractivity contribution is -0.149. The molecule has 0 unspecified atom stereocenters. The van der Waals surface area contributed by atoms with E-state index in [1.54, 1.807) is 24.5 Å². The third kappa shape index (κ3) is 4.03. The minimum atomic E-state index is -0.643. The van der Waals surface area contributed by atoms with Crippen molar-refractivity contribution in [3.8, 4) is 0 Å². The first-order chi connectivity index (χ1) is 14.5. The van der Waals surface area contributed by atoms with Gasteiger partial charge in [0, 0.05) is 33.9 Å². The number of ether oxygens (including phenoxy) is 1. The maximum Gasteiger partial charge on any atom is 0.229 e. The number of carbonyl (C=O) groups excluding carboxylic acids is 1. The number of benzene rings is 1. The maximum atomic E-state index is 14.4. The van der Waals surface area contributed by atoms with Crippen molar-refractivity contribution in [1.29, 1.82) is 0 Å². The number of carbonyl (C=O) groups is 1. The van der Waals surface area contributed by atoms with Crippen LogP contribution in [-0.2, 0) is 16.0 Å². The van der Waals surface area contributed by atoms with Crippen molar-refractivity contribution in [2.24, 2.45) is 5.41 Å². The number of nitrogens with zero attached hydrogens (tertiary/aromatic N) is 4. The Morgan fingerprint density at radius 3 is 2.77 bits per heavy atom. The van der Waals surface area contributed by atoms with Crippen LogP contribution in [0.3, 0.4) is 0 Å². The average Bonchev–Trinajstić information content (AvgIpc) is 3.25. The van der Waals surface area contributed by atoms with Gasteiger partial charge in [-0.3, -0.25) is 9.78 Å². The van der Waals surface area contributed by atoms with Crippen LogP contribution in [0.15, 0.2) is 36.7 Å². The number of rotatable bonds is 5. The summed E-state index contributed by atoms with van der Waals surface area (Å²) in [4.78, 5) is 26.9. The molecule has 2 aliphatic rings. The minimum Gasteiger partial charge on any atom is -0.381 e. The van der Waals surface area contributed by atoms with E-state index in [0.717, 1.165) is 24.4 Å². The van der Waals surface area contributed by atoms with Crippen molar-refractivity contribution in [3.05, 3.63) is 53.7 Å². The van der Waals surface area contributed by atoms with Crippen molar-refractivity contribution >= 4 is 11.7 Å². The predicted molar refractivity (Wildman–Crippen MR) is 113 cm³/mol. The molecule has 0 aliphatic carbocycles. The zero-order valence-electron chi connectivity index (χ0n) is 17.7. The van der Waals surface area contributed by atoms with Crippen molar-refractivity contribution < 1.29 is 13.9 Å². The first-order valence-electron chi connectivity index (χ1n) is 10.6. The standard InChI is InChI=1S/C23H29FN4O2/c1-27(2)21-16-25-15-19(26-21)20-8-5-11-28(20)22(29)23(9-12-30-13-10-23)14-17-6-3-4-7-18(17)24/h3-4,6-7,15-16,20H,5,8-14H2,1-2H3/t20-/m1/s1. The Bertz CT molecular complexity index is 898. The van der Waals surface area contributed by atoms with Gasteiger partial charge >= 0.3 is 0 Å². The van der Waals surface area contributed by atoms with Crippen LogP contribution >= 0.6 is 0 Å². The fraction of sp³-hybridized carbons (Fsp3) is 0.522. The highest BCUT2D eigenvalue weighted by molar-refractivity contribution is 5.84. The van der Waals surface area contributed by atoms with Gasteiger partial charge in [-0.15, -0.1) is 0 Å². The lowest BCUT2D eigenvalue weighted by atomic mass is 9.73. The number of hydrogen-bond donors (Lipinski definition) is 0. The third-order valence-corrected chi connectivity index (χ3v) is 6.34. The molecule has 3 heterocycles. The topological polar surface area (TPSA) is 58.6 Å². The van der Waals surface area contributed by atoms with Crippen LogP contribution in [0.1, 0.15) is 43.0 Å². The summed E-state index contributed by atoms with van der Waals surface area (Å²) in [5, 5.41) is 0. The van der Waals surface area contributed by atoms with E-state index < -0.39 is 5.41 Å². The molecular formula is C23H29FN4O2. The SMILES string of the molecule is CN(C)c1cncc([C@H]2CCCN2C(=O)C2(Cc3ccccc3F)CCOCC2)n1. The van der Waals surface area contributed by atoms with Crippen LogP contribution in [0.2, 0.25) is 0 Å². The molecule has 4 rings (SSSR count). The summed E-state index contributed by atoms with van der Waals surface area (Å²) in [6.07, 6.45) is 6.88. The fourth-order valence-electron chi connectivity index (χ4n) is 4.60. The summed E-state index contributed by atoms with van der Waals surface area (Å²) >= 11 is 0. The highest BCUT2D eigenvalue weighted by Gasteiger charge is 2.46. The first kappa shape index (κ1) is 20.7. The van der Waals surface area contributed by atoms with Crippen molar-refractivity contribution in [2.75, 3.05) is 38.8 Å². The zero-order chi connectivity index (χ0) is 21.1. The Hall–Kier alpha value is -2.54. The molecule has 2 saturated heterocycles. The van der Waals surface area contributed by atoms with E-state index in [1.807, 2.05) is 30.0 Å². The Kier molecular flexibility index (Phi) is 5.99. The van der Waals surface area contributed by atoms with E-state index in [0.29, 0.717) is 44.6 Å². The van der Waals surface area contributed by atoms with Crippen LogP contribution in [0.25, 0.3) is 0 Å². The van der Waals surface area contributed by atoms with Gasteiger partial charge in [-0.05, 0) is 43.7 Å². The van der Waals surface area contributed by atoms with Crippen LogP contribution in [0.4, 0.5) is 10.2 Å². The summed E-state index contributed by atoms with van der Waals surface area (Å²) in [5.41, 5.74) is 0.772. The second-order valence-corrected chi connectivity index (χ2v) is 8.51. The van der Waals surface area contributed by atoms with E-state index in [-0.39, 0.29) is 17.8 Å². The van der Waals surface area contributed by atoms with Gasteiger partial charge in [0.05, 0.1) is 29.5 Å². The fourth-order valence-corrected chi connectivity index (χ4v) is 4.60. The number of anilines is 1. The summed E-state index contributed by atoms with van der Waals surface area (Å²) < 4.78 is 20.0. The predicted octanol–water partition coefficient (Wildman–Crippen LogP) is 3.38. The quantitative estimate of drug-likeness (QED) is 0.754. The van der Waals surface area contributed by atoms with Crippen LogP contribution < -0.4 is 4.90 Å². The molecule has 30 heavy (non-hydrogen) atoms. The van der Waals surface area contributed by atoms with Gasteiger partial charge in [-0.1, -0.05) is 18.2 Å². The maximum absolute atomic E-state index is 14.4. The molecule has 2 aliphatic heterocycles. The van der Waals surface area contributed by atoms with E-state index in [9.17, 15) is 9.18 Å². The number of aromatic nitrogens is 2. The molecule has 0 spiro atoms. The Morgan fingerprint density at radius 1 is 1.27 bits per heavy atom. The number of likely N-dealkylation sites (tertiary alicyclic amines) is 1. The van der Waals surface area contributed by atoms with E-state index in [4.69, 9.17) is 9.72 Å². The largest absolute Gasteiger partial charge is 0.381 e. The van der Waals surface area contributed by atoms with Crippen molar-refractivity contribution in [1.82, 2.24) is 14.9 Å². The van der Waals surface area contributed by atoms with Gasteiger partial charge in [0.15, 0.2) is 0 Å². The molecule has 1 atom stereocenters. The monoisotopic (exact) mass is 412 g/mol.